The molecule has 98 valence electrons. The molecule has 0 radical (unpaired) electrons. The zero-order valence-corrected chi connectivity index (χ0v) is 11.1. The molecule has 18 heavy (non-hydrogen) atoms. The molecule has 2 rings (SSSR count). The van der Waals surface area contributed by atoms with Gasteiger partial charge in [0.2, 0.25) is 16.0 Å². The predicted octanol–water partition coefficient (Wildman–Crippen LogP) is 1.79. The van der Waals surface area contributed by atoms with Gasteiger partial charge in [-0.3, -0.25) is 0 Å². The summed E-state index contributed by atoms with van der Waals surface area (Å²) in [6.07, 6.45) is 3.35. The zero-order chi connectivity index (χ0) is 13.8. The summed E-state index contributed by atoms with van der Waals surface area (Å²) in [6.45, 7) is 0. The second-order valence-electron chi connectivity index (χ2n) is 3.26. The summed E-state index contributed by atoms with van der Waals surface area (Å²) < 4.78 is 0. The van der Waals surface area contributed by atoms with E-state index in [-0.39, 0.29) is 11.0 Å². The van der Waals surface area contributed by atoms with Gasteiger partial charge in [0.25, 0.3) is 0 Å². The van der Waals surface area contributed by atoms with Crippen molar-refractivity contribution in [2.75, 3.05) is 0 Å². The normalized spacial score (nSPS) is 30.2. The Bertz CT molecular complexity index is 461. The molecule has 2 unspecified atom stereocenters. The van der Waals surface area contributed by atoms with Gasteiger partial charge in [0.1, 0.15) is 5.16 Å². The van der Waals surface area contributed by atoms with Crippen LogP contribution in [0.5, 0.6) is 5.88 Å². The highest BCUT2D eigenvalue weighted by Crippen LogP contribution is 2.35. The van der Waals surface area contributed by atoms with E-state index < -0.39 is 10.1 Å². The Hall–Kier alpha value is -0.850. The van der Waals surface area contributed by atoms with Crippen LogP contribution >= 0.6 is 34.8 Å². The number of alkyl halides is 2. The highest BCUT2D eigenvalue weighted by Gasteiger charge is 2.46. The molecule has 0 saturated carbocycles. The van der Waals surface area contributed by atoms with E-state index in [0.29, 0.717) is 0 Å². The van der Waals surface area contributed by atoms with Gasteiger partial charge in [-0.25, -0.2) is 9.98 Å². The molecular formula is C10H9Cl3N2O3. The van der Waals surface area contributed by atoms with Gasteiger partial charge < -0.3 is 15.3 Å². The summed E-state index contributed by atoms with van der Waals surface area (Å²) in [4.78, 5) is 6.99. The molecule has 1 aliphatic rings. The lowest BCUT2D eigenvalue weighted by Gasteiger charge is -2.30. The van der Waals surface area contributed by atoms with Crippen LogP contribution in [0.15, 0.2) is 40.6 Å². The van der Waals surface area contributed by atoms with E-state index in [4.69, 9.17) is 45.0 Å². The fourth-order valence-electron chi connectivity index (χ4n) is 0.888. The number of aliphatic imine (C=N–C) groups is 1. The number of halogens is 3. The van der Waals surface area contributed by atoms with Crippen molar-refractivity contribution in [1.82, 2.24) is 4.98 Å². The minimum Gasteiger partial charge on any atom is -0.493 e. The molecule has 0 saturated heterocycles. The summed E-state index contributed by atoms with van der Waals surface area (Å²) in [7, 11) is 0. The lowest BCUT2D eigenvalue weighted by molar-refractivity contribution is 0.0333. The number of hydrogen-bond donors (Lipinski definition) is 3. The molecule has 8 heteroatoms. The number of nitrogens with zero attached hydrogens (tertiary/aromatic N) is 2. The van der Waals surface area contributed by atoms with Crippen molar-refractivity contribution >= 4 is 41.0 Å². The van der Waals surface area contributed by atoms with Gasteiger partial charge in [0.05, 0.1) is 6.21 Å². The minimum atomic E-state index is -2.10. The number of aliphatic hydroxyl groups is 2. The molecule has 5 nitrogen and oxygen atoms in total. The van der Waals surface area contributed by atoms with Gasteiger partial charge in [-0.15, -0.1) is 0 Å². The summed E-state index contributed by atoms with van der Waals surface area (Å²) >= 11 is 16.1. The number of aromatic nitrogens is 1. The van der Waals surface area contributed by atoms with Crippen molar-refractivity contribution in [3.63, 3.8) is 0 Å². The van der Waals surface area contributed by atoms with Crippen LogP contribution in [0.25, 0.3) is 0 Å². The van der Waals surface area contributed by atoms with Gasteiger partial charge >= 0.3 is 0 Å². The van der Waals surface area contributed by atoms with Gasteiger partial charge in [-0.2, -0.15) is 0 Å². The summed E-state index contributed by atoms with van der Waals surface area (Å²) in [5.41, 5.74) is 0. The first kappa shape index (κ1) is 15.2. The van der Waals surface area contributed by atoms with Gasteiger partial charge in [-0.1, -0.05) is 40.9 Å². The van der Waals surface area contributed by atoms with Gasteiger partial charge in [0.15, 0.2) is 0 Å². The molecule has 1 aromatic heterocycles. The van der Waals surface area contributed by atoms with E-state index in [1.165, 1.54) is 12.3 Å². The van der Waals surface area contributed by atoms with Gasteiger partial charge in [-0.05, 0) is 6.07 Å². The summed E-state index contributed by atoms with van der Waals surface area (Å²) in [5, 5.41) is 22.6. The van der Waals surface area contributed by atoms with Crippen LogP contribution in [-0.4, -0.2) is 36.6 Å². The third kappa shape index (κ3) is 4.12. The Balaban J connectivity index is 0.000000199. The van der Waals surface area contributed by atoms with Crippen LogP contribution in [0, 0.1) is 0 Å². The fourth-order valence-corrected chi connectivity index (χ4v) is 1.41. The molecule has 0 bridgehead atoms. The lowest BCUT2D eigenvalue weighted by atomic mass is 10.2. The quantitative estimate of drug-likeness (QED) is 0.504. The third-order valence-electron chi connectivity index (χ3n) is 1.81. The Morgan fingerprint density at radius 3 is 2.11 bits per heavy atom. The molecule has 0 aromatic carbocycles. The molecular weight excluding hydrogens is 302 g/mol. The number of rotatable bonds is 0. The van der Waals surface area contributed by atoms with Crippen molar-refractivity contribution in [2.24, 2.45) is 4.99 Å². The van der Waals surface area contributed by atoms with E-state index in [9.17, 15) is 5.11 Å². The Morgan fingerprint density at radius 1 is 1.11 bits per heavy atom. The first-order chi connectivity index (χ1) is 8.24. The average Bonchev–Trinajstić information content (AvgIpc) is 2.26. The molecule has 1 aliphatic heterocycles. The Kier molecular flexibility index (Phi) is 4.95. The second kappa shape index (κ2) is 5.86. The molecule has 3 N–H and O–H groups in total. The van der Waals surface area contributed by atoms with Crippen LogP contribution in [0.2, 0.25) is 0 Å². The highest BCUT2D eigenvalue weighted by atomic mass is 35.5. The fraction of sp³-hybridized carbons (Fsp3) is 0.200. The maximum absolute atomic E-state index is 9.20. The van der Waals surface area contributed by atoms with E-state index in [1.54, 1.807) is 12.1 Å². The maximum Gasteiger partial charge on any atom is 0.222 e. The smallest absolute Gasteiger partial charge is 0.222 e. The third-order valence-corrected chi connectivity index (χ3v) is 2.90. The van der Waals surface area contributed by atoms with Crippen molar-refractivity contribution in [1.29, 1.82) is 0 Å². The number of pyridine rings is 1. The minimum absolute atomic E-state index is 0.0205. The largest absolute Gasteiger partial charge is 0.493 e. The Morgan fingerprint density at radius 2 is 1.78 bits per heavy atom. The van der Waals surface area contributed by atoms with E-state index in [0.717, 1.165) is 12.3 Å². The highest BCUT2D eigenvalue weighted by molar-refractivity contribution is 6.41. The molecule has 0 amide bonds. The van der Waals surface area contributed by atoms with E-state index in [2.05, 4.69) is 9.98 Å². The molecule has 2 atom stereocenters. The van der Waals surface area contributed by atoms with Crippen molar-refractivity contribution < 1.29 is 15.3 Å². The predicted molar refractivity (Wildman–Crippen MR) is 69.9 cm³/mol. The SMILES string of the molecule is OC1(Cl)C=NC(Cl)=CC1(O)Cl.Oc1ccccn1. The van der Waals surface area contributed by atoms with Crippen LogP contribution < -0.4 is 0 Å². The maximum atomic E-state index is 9.20. The van der Waals surface area contributed by atoms with Crippen LogP contribution in [0.1, 0.15) is 0 Å². The molecule has 0 fully saturated rings. The van der Waals surface area contributed by atoms with E-state index >= 15 is 0 Å². The average molecular weight is 312 g/mol. The van der Waals surface area contributed by atoms with Gasteiger partial charge in [0, 0.05) is 18.3 Å². The number of aromatic hydroxyl groups is 1. The van der Waals surface area contributed by atoms with E-state index in [1.807, 2.05) is 0 Å². The number of hydrogen-bond acceptors (Lipinski definition) is 5. The van der Waals surface area contributed by atoms with Crippen LogP contribution in [-0.2, 0) is 0 Å². The summed E-state index contributed by atoms with van der Waals surface area (Å²) in [6, 6.07) is 5.00. The summed E-state index contributed by atoms with van der Waals surface area (Å²) in [5.74, 6) is 0.0718. The second-order valence-corrected chi connectivity index (χ2v) is 4.80. The standard InChI is InChI=1S/C5H4Cl3NO2.C5H5NO/c6-3-1-4(7,10)5(8,11)2-9-3;7-5-3-1-2-4-6-5/h1-2,10-11H;1-4H,(H,6,7). The molecule has 0 spiro atoms. The molecule has 0 aliphatic carbocycles. The van der Waals surface area contributed by atoms with Crippen molar-refractivity contribution in [2.45, 2.75) is 10.1 Å². The van der Waals surface area contributed by atoms with Crippen molar-refractivity contribution in [3.8, 4) is 5.88 Å². The monoisotopic (exact) mass is 310 g/mol. The molecule has 1 aromatic rings. The van der Waals surface area contributed by atoms with Crippen LogP contribution in [0.4, 0.5) is 0 Å². The lowest BCUT2D eigenvalue weighted by Crippen LogP contribution is -2.47. The van der Waals surface area contributed by atoms with Crippen LogP contribution in [0.3, 0.4) is 0 Å². The first-order valence-corrected chi connectivity index (χ1v) is 5.74. The first-order valence-electron chi connectivity index (χ1n) is 4.61. The zero-order valence-electron chi connectivity index (χ0n) is 8.83. The molecule has 2 heterocycles. The van der Waals surface area contributed by atoms with Crippen molar-refractivity contribution in [3.05, 3.63) is 35.6 Å². The topological polar surface area (TPSA) is 85.9 Å². The Labute approximate surface area is 118 Å².